The maximum atomic E-state index is 13.6. The van der Waals surface area contributed by atoms with E-state index < -0.39 is 54.3 Å². The standard InChI is InChI=1S/C31H38F3N5O6S/c1-17(2)15-23(28(42)38-21-12-14-44-29(21)45-30(43)31(32,33)34)39-27(41)20(8-5-6-13-35)37-26(40)18-10-11-25-22(16-18)36-19-7-3-4-9-24(19)46-25/h3-4,7,9-11,16-17,20-21,23,29,36H,5-6,8,12-15,35H2,1-2H3,(H,37,40)(H,38,42)(H,39,41)/t20-,21-,23-,29?/m0/s1. The second kappa shape index (κ2) is 15.6. The van der Waals surface area contributed by atoms with Crippen molar-refractivity contribution in [2.45, 2.75) is 86.3 Å². The molecule has 0 radical (unpaired) electrons. The highest BCUT2D eigenvalue weighted by Crippen LogP contribution is 2.44. The summed E-state index contributed by atoms with van der Waals surface area (Å²) in [6.45, 7) is 4.02. The Bertz CT molecular complexity index is 1430. The van der Waals surface area contributed by atoms with Gasteiger partial charge in [-0.1, -0.05) is 37.7 Å². The molecule has 0 saturated carbocycles. The van der Waals surface area contributed by atoms with Crippen molar-refractivity contribution in [3.8, 4) is 0 Å². The zero-order valence-electron chi connectivity index (χ0n) is 25.4. The largest absolute Gasteiger partial charge is 0.491 e. The van der Waals surface area contributed by atoms with Gasteiger partial charge >= 0.3 is 12.1 Å². The number of ether oxygens (including phenoxy) is 2. The van der Waals surface area contributed by atoms with Crippen LogP contribution in [0.15, 0.2) is 52.3 Å². The molecule has 1 saturated heterocycles. The van der Waals surface area contributed by atoms with Gasteiger partial charge in [0.05, 0.1) is 24.0 Å². The number of hydrogen-bond donors (Lipinski definition) is 5. The first-order valence-corrected chi connectivity index (χ1v) is 15.9. The van der Waals surface area contributed by atoms with Crippen LogP contribution in [0.1, 0.15) is 56.3 Å². The van der Waals surface area contributed by atoms with Gasteiger partial charge in [0.1, 0.15) is 12.1 Å². The number of carbonyl (C=O) groups is 4. The molecule has 1 unspecified atom stereocenters. The molecule has 6 N–H and O–H groups in total. The SMILES string of the molecule is CC(C)C[C@H](NC(=O)[C@H](CCCCN)NC(=O)c1ccc2c(c1)Nc1ccccc1S2)C(=O)N[C@H]1CCOC1OC(=O)C(F)(F)F. The van der Waals surface area contributed by atoms with Gasteiger partial charge in [0, 0.05) is 15.4 Å². The summed E-state index contributed by atoms with van der Waals surface area (Å²) in [6, 6.07) is 9.86. The average Bonchev–Trinajstić information content (AvgIpc) is 3.44. The van der Waals surface area contributed by atoms with Crippen LogP contribution in [0.5, 0.6) is 0 Å². The molecule has 2 heterocycles. The lowest BCUT2D eigenvalue weighted by Crippen LogP contribution is -2.56. The Kier molecular flexibility index (Phi) is 11.9. The van der Waals surface area contributed by atoms with E-state index in [1.54, 1.807) is 23.9 Å². The van der Waals surface area contributed by atoms with E-state index in [1.807, 2.05) is 44.2 Å². The maximum Gasteiger partial charge on any atom is 0.491 e. The van der Waals surface area contributed by atoms with E-state index in [9.17, 15) is 32.3 Å². The van der Waals surface area contributed by atoms with Gasteiger partial charge < -0.3 is 36.5 Å². The molecular weight excluding hydrogens is 627 g/mol. The number of para-hydroxylation sites is 1. The van der Waals surface area contributed by atoms with Gasteiger partial charge in [-0.2, -0.15) is 13.2 Å². The van der Waals surface area contributed by atoms with Crippen molar-refractivity contribution in [3.63, 3.8) is 0 Å². The summed E-state index contributed by atoms with van der Waals surface area (Å²) in [7, 11) is 0. The van der Waals surface area contributed by atoms with E-state index in [1.165, 1.54) is 0 Å². The summed E-state index contributed by atoms with van der Waals surface area (Å²) in [5.41, 5.74) is 7.65. The second-order valence-electron chi connectivity index (χ2n) is 11.5. The molecule has 0 aliphatic carbocycles. The van der Waals surface area contributed by atoms with Crippen LogP contribution in [0.2, 0.25) is 0 Å². The van der Waals surface area contributed by atoms with E-state index in [-0.39, 0.29) is 31.8 Å². The van der Waals surface area contributed by atoms with Gasteiger partial charge in [-0.25, -0.2) is 4.79 Å². The Labute approximate surface area is 268 Å². The van der Waals surface area contributed by atoms with Crippen LogP contribution in [0.4, 0.5) is 24.5 Å². The van der Waals surface area contributed by atoms with E-state index >= 15 is 0 Å². The molecule has 250 valence electrons. The van der Waals surface area contributed by atoms with Gasteiger partial charge in [0.2, 0.25) is 18.1 Å². The van der Waals surface area contributed by atoms with Crippen LogP contribution in [0.3, 0.4) is 0 Å². The van der Waals surface area contributed by atoms with Crippen molar-refractivity contribution in [2.75, 3.05) is 18.5 Å². The lowest BCUT2D eigenvalue weighted by Gasteiger charge is -2.27. The molecule has 2 aromatic rings. The van der Waals surface area contributed by atoms with Gasteiger partial charge in [-0.15, -0.1) is 0 Å². The summed E-state index contributed by atoms with van der Waals surface area (Å²) < 4.78 is 47.7. The second-order valence-corrected chi connectivity index (χ2v) is 12.6. The predicted molar refractivity (Wildman–Crippen MR) is 164 cm³/mol. The summed E-state index contributed by atoms with van der Waals surface area (Å²) >= 11 is 1.57. The summed E-state index contributed by atoms with van der Waals surface area (Å²) in [5, 5.41) is 11.4. The maximum absolute atomic E-state index is 13.6. The number of alkyl halides is 3. The van der Waals surface area contributed by atoms with E-state index in [4.69, 9.17) is 10.5 Å². The van der Waals surface area contributed by atoms with Crippen LogP contribution in [-0.2, 0) is 23.9 Å². The first-order chi connectivity index (χ1) is 21.8. The number of rotatable bonds is 13. The highest BCUT2D eigenvalue weighted by molar-refractivity contribution is 7.99. The van der Waals surface area contributed by atoms with E-state index in [2.05, 4.69) is 26.0 Å². The number of carbonyl (C=O) groups excluding carboxylic acids is 4. The van der Waals surface area contributed by atoms with Crippen molar-refractivity contribution in [2.24, 2.45) is 11.7 Å². The lowest BCUT2D eigenvalue weighted by molar-refractivity contribution is -0.222. The van der Waals surface area contributed by atoms with Gasteiger partial charge in [-0.05, 0) is 74.9 Å². The molecular formula is C31H38F3N5O6S. The minimum absolute atomic E-state index is 0.0411. The van der Waals surface area contributed by atoms with Gasteiger partial charge in [-0.3, -0.25) is 14.4 Å². The number of amides is 3. The van der Waals surface area contributed by atoms with Crippen LogP contribution >= 0.6 is 11.8 Å². The van der Waals surface area contributed by atoms with E-state index in [0.717, 1.165) is 21.2 Å². The third-order valence-corrected chi connectivity index (χ3v) is 8.50. The van der Waals surface area contributed by atoms with Crippen molar-refractivity contribution in [1.82, 2.24) is 16.0 Å². The highest BCUT2D eigenvalue weighted by atomic mass is 32.2. The van der Waals surface area contributed by atoms with E-state index in [0.29, 0.717) is 24.9 Å². The lowest BCUT2D eigenvalue weighted by atomic mass is 10.0. The normalized spacial score (nSPS) is 18.4. The number of nitrogens with one attached hydrogen (secondary N) is 4. The molecule has 46 heavy (non-hydrogen) atoms. The fourth-order valence-electron chi connectivity index (χ4n) is 5.03. The number of benzene rings is 2. The smallest absolute Gasteiger partial charge is 0.427 e. The van der Waals surface area contributed by atoms with Crippen molar-refractivity contribution >= 4 is 46.8 Å². The fourth-order valence-corrected chi connectivity index (χ4v) is 6.00. The summed E-state index contributed by atoms with van der Waals surface area (Å²) in [5.74, 6) is -4.26. The minimum atomic E-state index is -5.22. The van der Waals surface area contributed by atoms with Gasteiger partial charge in [0.15, 0.2) is 0 Å². The molecule has 11 nitrogen and oxygen atoms in total. The van der Waals surface area contributed by atoms with Crippen LogP contribution in [0.25, 0.3) is 0 Å². The Hall–Kier alpha value is -3.82. The zero-order chi connectivity index (χ0) is 33.4. The van der Waals surface area contributed by atoms with Crippen molar-refractivity contribution < 1.29 is 41.8 Å². The quantitative estimate of drug-likeness (QED) is 0.134. The van der Waals surface area contributed by atoms with Crippen LogP contribution in [-0.4, -0.2) is 67.4 Å². The molecule has 0 spiro atoms. The van der Waals surface area contributed by atoms with Crippen LogP contribution < -0.4 is 27.0 Å². The number of unbranched alkanes of at least 4 members (excludes halogenated alkanes) is 1. The predicted octanol–water partition coefficient (Wildman–Crippen LogP) is 3.99. The Morgan fingerprint density at radius 2 is 1.76 bits per heavy atom. The summed E-state index contributed by atoms with van der Waals surface area (Å²) in [4.78, 5) is 53.6. The molecule has 2 aromatic carbocycles. The van der Waals surface area contributed by atoms with Crippen LogP contribution in [0, 0.1) is 5.92 Å². The molecule has 0 aromatic heterocycles. The molecule has 4 rings (SSSR count). The zero-order valence-corrected chi connectivity index (χ0v) is 26.3. The molecule has 15 heteroatoms. The number of esters is 1. The van der Waals surface area contributed by atoms with Gasteiger partial charge in [0.25, 0.3) is 5.91 Å². The Morgan fingerprint density at radius 1 is 1.02 bits per heavy atom. The number of hydrogen-bond acceptors (Lipinski definition) is 9. The number of anilines is 2. The molecule has 0 bridgehead atoms. The molecule has 2 aliphatic heterocycles. The third-order valence-electron chi connectivity index (χ3n) is 7.35. The Morgan fingerprint density at radius 3 is 2.48 bits per heavy atom. The number of halogens is 3. The third kappa shape index (κ3) is 9.36. The topological polar surface area (TPSA) is 161 Å². The summed E-state index contributed by atoms with van der Waals surface area (Å²) in [6.07, 6.45) is -5.18. The molecule has 1 fully saturated rings. The fraction of sp³-hybridized carbons (Fsp3) is 0.484. The first kappa shape index (κ1) is 35.0. The molecule has 3 amide bonds. The number of fused-ring (bicyclic) bond motifs is 2. The first-order valence-electron chi connectivity index (χ1n) is 15.0. The number of nitrogens with two attached hydrogens (primary N) is 1. The van der Waals surface area contributed by atoms with Crippen molar-refractivity contribution in [3.05, 3.63) is 48.0 Å². The van der Waals surface area contributed by atoms with Crippen molar-refractivity contribution in [1.29, 1.82) is 0 Å². The Balaban J connectivity index is 1.44. The monoisotopic (exact) mass is 665 g/mol. The molecule has 2 aliphatic rings. The molecule has 4 atom stereocenters. The average molecular weight is 666 g/mol. The minimum Gasteiger partial charge on any atom is -0.427 e. The highest BCUT2D eigenvalue weighted by Gasteiger charge is 2.45.